The van der Waals surface area contributed by atoms with E-state index in [-0.39, 0.29) is 32.2 Å². The Hall–Kier alpha value is -7.09. The van der Waals surface area contributed by atoms with E-state index in [4.69, 9.17) is 11.5 Å². The number of primary amides is 1. The molecule has 71 heavy (non-hydrogen) atoms. The summed E-state index contributed by atoms with van der Waals surface area (Å²) in [4.78, 5) is 121. The maximum absolute atomic E-state index is 15.5. The molecule has 0 saturated carbocycles. The lowest BCUT2D eigenvalue weighted by molar-refractivity contribution is -0.143. The van der Waals surface area contributed by atoms with Gasteiger partial charge in [0.2, 0.25) is 41.4 Å². The molecule has 12 N–H and O–H groups in total. The number of carbonyl (C=O) groups excluding carboxylic acids is 7. The van der Waals surface area contributed by atoms with Gasteiger partial charge in [-0.3, -0.25) is 38.4 Å². The second kappa shape index (κ2) is 26.2. The summed E-state index contributed by atoms with van der Waals surface area (Å²) in [6.07, 6.45) is 3.56. The molecule has 0 radical (unpaired) electrons. The minimum Gasteiger partial charge on any atom is -0.481 e. The molecule has 20 nitrogen and oxygen atoms in total. The van der Waals surface area contributed by atoms with Crippen molar-refractivity contribution in [1.82, 2.24) is 31.5 Å². The van der Waals surface area contributed by atoms with Crippen molar-refractivity contribution in [3.63, 3.8) is 0 Å². The fraction of sp³-hybridized carbons (Fsp3) is 0.510. The number of aliphatic carboxylic acids is 2. The molecule has 1 saturated heterocycles. The second-order valence-corrected chi connectivity index (χ2v) is 18.8. The SMILES string of the molecule is CC[C@H](C)[C@H](NC(=O)CNC(=O)[C@H](C)N)C(=O)N[C@@H](Cc1ccccc1)C(=O)N1C[C@H](C(=O)N[C@@H](CCC(=O)O)C(=O)N[C@@H](CCC(N)=O)C(=O)O)[C@]2(C/C=C(/C)CCC=C(C)C)c3ccccc3N[C@H]12. The lowest BCUT2D eigenvalue weighted by Crippen LogP contribution is -2.59. The number of para-hydroxylation sites is 1. The molecule has 20 heteroatoms. The van der Waals surface area contributed by atoms with Crippen LogP contribution in [0.5, 0.6) is 0 Å². The zero-order valence-electron chi connectivity index (χ0n) is 41.4. The summed E-state index contributed by atoms with van der Waals surface area (Å²) in [6, 6.07) is 9.81. The third-order valence-electron chi connectivity index (χ3n) is 13.1. The van der Waals surface area contributed by atoms with Gasteiger partial charge >= 0.3 is 11.9 Å². The molecule has 0 aromatic heterocycles. The summed E-state index contributed by atoms with van der Waals surface area (Å²) in [5.74, 6) is -9.32. The Morgan fingerprint density at radius 2 is 1.45 bits per heavy atom. The van der Waals surface area contributed by atoms with Gasteiger partial charge in [0.1, 0.15) is 30.3 Å². The Morgan fingerprint density at radius 3 is 2.07 bits per heavy atom. The average molecular weight is 986 g/mol. The summed E-state index contributed by atoms with van der Waals surface area (Å²) in [7, 11) is 0. The van der Waals surface area contributed by atoms with Crippen LogP contribution < -0.4 is 43.4 Å². The van der Waals surface area contributed by atoms with Gasteiger partial charge in [0, 0.05) is 31.5 Å². The van der Waals surface area contributed by atoms with E-state index in [0.717, 1.165) is 17.6 Å². The summed E-state index contributed by atoms with van der Waals surface area (Å²) < 4.78 is 0. The highest BCUT2D eigenvalue weighted by atomic mass is 16.4. The van der Waals surface area contributed by atoms with Crippen LogP contribution in [0.1, 0.15) is 104 Å². The van der Waals surface area contributed by atoms with Gasteiger partial charge < -0.3 is 58.5 Å². The van der Waals surface area contributed by atoms with Crippen LogP contribution in [0.2, 0.25) is 0 Å². The van der Waals surface area contributed by atoms with Gasteiger partial charge in [-0.05, 0) is 82.9 Å². The molecule has 9 atom stereocenters. The van der Waals surface area contributed by atoms with Crippen molar-refractivity contribution in [2.24, 2.45) is 23.3 Å². The maximum Gasteiger partial charge on any atom is 0.326 e. The summed E-state index contributed by atoms with van der Waals surface area (Å²) >= 11 is 0. The standard InChI is InChI=1S/C51H71N9O11/c1-7-31(5)43(59-41(62)27-54-44(65)32(6)52)47(68)57-39(26-33-16-9-8-10-17-33)48(69)60-28-35(45(66)55-37(21-23-42(63)64)46(67)56-38(49(70)71)20-22-40(53)61)51(25-24-30(4)15-13-14-29(2)3)34-18-11-12-19-36(34)58-50(51)60/h8-12,14,16-19,24,31-32,35,37-39,43,50,58H,7,13,15,20-23,25-28,52H2,1-6H3,(H2,53,61)(H,54,65)(H,55,66)(H,56,67)(H,57,68)(H,59,62)(H,63,64)(H,70,71)/b30-24-/t31-,32-,35+,37-,38-,39-,43-,50+,51-/m0/s1. The Bertz CT molecular complexity index is 2330. The maximum atomic E-state index is 15.5. The van der Waals surface area contributed by atoms with E-state index in [1.165, 1.54) is 11.8 Å². The highest BCUT2D eigenvalue weighted by molar-refractivity contribution is 5.96. The lowest BCUT2D eigenvalue weighted by Gasteiger charge is -2.36. The number of likely N-dealkylation sites (tertiary alicyclic amines) is 1. The lowest BCUT2D eigenvalue weighted by atomic mass is 9.69. The summed E-state index contributed by atoms with van der Waals surface area (Å²) in [5, 5.41) is 36.2. The predicted molar refractivity (Wildman–Crippen MR) is 265 cm³/mol. The molecule has 2 aromatic rings. The second-order valence-electron chi connectivity index (χ2n) is 18.8. The molecule has 0 bridgehead atoms. The van der Waals surface area contributed by atoms with Crippen molar-refractivity contribution < 1.29 is 53.4 Å². The van der Waals surface area contributed by atoms with Crippen molar-refractivity contribution in [3.05, 3.63) is 89.0 Å². The first-order valence-corrected chi connectivity index (χ1v) is 24.1. The minimum atomic E-state index is -1.59. The van der Waals surface area contributed by atoms with Crippen LogP contribution in [0.15, 0.2) is 77.9 Å². The topological polar surface area (TPSA) is 322 Å². The predicted octanol–water partition coefficient (Wildman–Crippen LogP) is 2.12. The number of carboxylic acids is 2. The molecule has 0 aliphatic carbocycles. The molecule has 2 aliphatic rings. The van der Waals surface area contributed by atoms with E-state index >= 15 is 9.59 Å². The minimum absolute atomic E-state index is 0.00162. The smallest absolute Gasteiger partial charge is 0.326 e. The molecular formula is C51H71N9O11. The fourth-order valence-corrected chi connectivity index (χ4v) is 8.96. The van der Waals surface area contributed by atoms with Gasteiger partial charge in [0.15, 0.2) is 0 Å². The number of carbonyl (C=O) groups is 9. The van der Waals surface area contributed by atoms with Crippen LogP contribution in [0, 0.1) is 11.8 Å². The van der Waals surface area contributed by atoms with Crippen molar-refractivity contribution in [2.75, 3.05) is 18.4 Å². The van der Waals surface area contributed by atoms with Gasteiger partial charge in [0.25, 0.3) is 0 Å². The molecule has 2 aromatic carbocycles. The van der Waals surface area contributed by atoms with Crippen LogP contribution in [0.3, 0.4) is 0 Å². The number of carboxylic acid groups (broad SMARTS) is 2. The van der Waals surface area contributed by atoms with E-state index in [2.05, 4.69) is 38.0 Å². The summed E-state index contributed by atoms with van der Waals surface area (Å²) in [5.41, 5.74) is 13.8. The van der Waals surface area contributed by atoms with Crippen LogP contribution in [0.4, 0.5) is 5.69 Å². The number of hydrogen-bond donors (Lipinski definition) is 10. The van der Waals surface area contributed by atoms with Gasteiger partial charge in [-0.2, -0.15) is 0 Å². The first-order valence-electron chi connectivity index (χ1n) is 24.1. The van der Waals surface area contributed by atoms with E-state index in [1.54, 1.807) is 49.4 Å². The Labute approximate surface area is 414 Å². The van der Waals surface area contributed by atoms with E-state index in [0.29, 0.717) is 29.7 Å². The number of allylic oxidation sites excluding steroid dienone is 4. The van der Waals surface area contributed by atoms with E-state index < -0.39 is 126 Å². The zero-order chi connectivity index (χ0) is 52.6. The Kier molecular flexibility index (Phi) is 20.9. The molecule has 2 aliphatic heterocycles. The molecule has 2 heterocycles. The van der Waals surface area contributed by atoms with Crippen LogP contribution >= 0.6 is 0 Å². The molecule has 4 rings (SSSR count). The fourth-order valence-electron chi connectivity index (χ4n) is 8.96. The highest BCUT2D eigenvalue weighted by Gasteiger charge is 2.63. The van der Waals surface area contributed by atoms with E-state index in [1.807, 2.05) is 45.9 Å². The van der Waals surface area contributed by atoms with Gasteiger partial charge in [-0.1, -0.05) is 92.1 Å². The molecule has 386 valence electrons. The highest BCUT2D eigenvalue weighted by Crippen LogP contribution is 2.54. The van der Waals surface area contributed by atoms with Gasteiger partial charge in [-0.15, -0.1) is 0 Å². The number of nitrogens with zero attached hydrogens (tertiary/aromatic N) is 1. The molecule has 0 unspecified atom stereocenters. The number of anilines is 1. The number of nitrogens with two attached hydrogens (primary N) is 2. The summed E-state index contributed by atoms with van der Waals surface area (Å²) in [6.45, 7) is 10.3. The Balaban J connectivity index is 1.83. The molecule has 0 spiro atoms. The largest absolute Gasteiger partial charge is 0.481 e. The third-order valence-corrected chi connectivity index (χ3v) is 13.1. The molecular weight excluding hydrogens is 915 g/mol. The third kappa shape index (κ3) is 15.4. The van der Waals surface area contributed by atoms with Crippen molar-refractivity contribution in [3.8, 4) is 0 Å². The number of fused-ring (bicyclic) bond motifs is 3. The quantitative estimate of drug-likeness (QED) is 0.0575. The van der Waals surface area contributed by atoms with Crippen LogP contribution in [0.25, 0.3) is 0 Å². The van der Waals surface area contributed by atoms with Crippen LogP contribution in [-0.4, -0.2) is 118 Å². The number of rotatable bonds is 27. The molecule has 7 amide bonds. The average Bonchev–Trinajstić information content (AvgIpc) is 3.82. The number of amides is 7. The molecule has 1 fully saturated rings. The van der Waals surface area contributed by atoms with E-state index in [9.17, 15) is 43.8 Å². The van der Waals surface area contributed by atoms with Gasteiger partial charge in [0.05, 0.1) is 23.9 Å². The van der Waals surface area contributed by atoms with Crippen molar-refractivity contribution >= 4 is 59.0 Å². The Morgan fingerprint density at radius 1 is 0.803 bits per heavy atom. The monoisotopic (exact) mass is 986 g/mol. The van der Waals surface area contributed by atoms with Gasteiger partial charge in [-0.25, -0.2) is 4.79 Å². The number of hydrogen-bond acceptors (Lipinski definition) is 11. The van der Waals surface area contributed by atoms with Crippen molar-refractivity contribution in [1.29, 1.82) is 0 Å². The number of benzene rings is 2. The first kappa shape index (κ1) is 56.5. The normalized spacial score (nSPS) is 19.4. The number of nitrogens with one attached hydrogen (secondary N) is 6. The first-order chi connectivity index (χ1) is 33.6. The zero-order valence-corrected chi connectivity index (χ0v) is 41.4. The van der Waals surface area contributed by atoms with Crippen molar-refractivity contribution in [2.45, 2.75) is 141 Å². The van der Waals surface area contributed by atoms with Crippen LogP contribution in [-0.2, 0) is 55.0 Å².